The van der Waals surface area contributed by atoms with Gasteiger partial charge in [-0.15, -0.1) is 24.0 Å². The van der Waals surface area contributed by atoms with Gasteiger partial charge in [0.05, 0.1) is 5.69 Å². The number of hydrogen-bond donors (Lipinski definition) is 3. The molecule has 32 heavy (non-hydrogen) atoms. The van der Waals surface area contributed by atoms with Gasteiger partial charge in [0.25, 0.3) is 0 Å². The van der Waals surface area contributed by atoms with Gasteiger partial charge in [-0.1, -0.05) is 25.1 Å². The fourth-order valence-electron chi connectivity index (χ4n) is 3.94. The number of piperidine rings is 1. The SMILES string of the molecule is CCc1noc(CC)c1CNC(=NC)NCc1cccnc1N1CCC(C(N)=O)CC1.I. The van der Waals surface area contributed by atoms with Crippen molar-refractivity contribution in [3.05, 3.63) is 40.9 Å². The third-order valence-electron chi connectivity index (χ3n) is 5.77. The largest absolute Gasteiger partial charge is 0.369 e. The summed E-state index contributed by atoms with van der Waals surface area (Å²) in [4.78, 5) is 22.6. The van der Waals surface area contributed by atoms with Gasteiger partial charge in [0.15, 0.2) is 5.96 Å². The van der Waals surface area contributed by atoms with Crippen molar-refractivity contribution < 1.29 is 9.32 Å². The van der Waals surface area contributed by atoms with Crippen molar-refractivity contribution in [2.75, 3.05) is 25.0 Å². The molecule has 0 bridgehead atoms. The van der Waals surface area contributed by atoms with Crippen LogP contribution >= 0.6 is 24.0 Å². The number of aryl methyl sites for hydroxylation is 2. The van der Waals surface area contributed by atoms with Crippen molar-refractivity contribution >= 4 is 41.7 Å². The first-order valence-electron chi connectivity index (χ1n) is 11.0. The zero-order chi connectivity index (χ0) is 22.2. The standard InChI is InChI=1S/C22H33N7O2.HI/c1-4-18-17(19(5-2)31-28-18)14-27-22(24-3)26-13-16-7-6-10-25-21(16)29-11-8-15(9-12-29)20(23)30;/h6-7,10,15H,4-5,8-9,11-14H2,1-3H3,(H2,23,30)(H2,24,26,27);1H. The molecule has 4 N–H and O–H groups in total. The molecule has 0 radical (unpaired) electrons. The van der Waals surface area contributed by atoms with Crippen LogP contribution in [0, 0.1) is 5.92 Å². The van der Waals surface area contributed by atoms with Gasteiger partial charge >= 0.3 is 0 Å². The van der Waals surface area contributed by atoms with E-state index >= 15 is 0 Å². The number of nitrogens with zero attached hydrogens (tertiary/aromatic N) is 4. The molecule has 0 saturated carbocycles. The van der Waals surface area contributed by atoms with Gasteiger partial charge in [-0.3, -0.25) is 9.79 Å². The number of primary amides is 1. The second-order valence-electron chi connectivity index (χ2n) is 7.67. The van der Waals surface area contributed by atoms with Crippen LogP contribution in [0.1, 0.15) is 49.3 Å². The number of nitrogens with one attached hydrogen (secondary N) is 2. The number of aliphatic imine (C=N–C) groups is 1. The Hall–Kier alpha value is -2.37. The average Bonchev–Trinajstić information content (AvgIpc) is 3.21. The lowest BCUT2D eigenvalue weighted by Crippen LogP contribution is -2.40. The van der Waals surface area contributed by atoms with Crippen LogP contribution in [0.4, 0.5) is 5.82 Å². The molecular formula is C22H34IN7O2. The number of halogens is 1. The normalized spacial score (nSPS) is 14.7. The Kier molecular flexibility index (Phi) is 10.2. The molecule has 2 aromatic heterocycles. The summed E-state index contributed by atoms with van der Waals surface area (Å²) in [6.07, 6.45) is 4.97. The molecule has 1 aliphatic rings. The third kappa shape index (κ3) is 6.33. The molecule has 1 saturated heterocycles. The Bertz CT molecular complexity index is 886. The first kappa shape index (κ1) is 25.9. The summed E-state index contributed by atoms with van der Waals surface area (Å²) >= 11 is 0. The molecule has 0 atom stereocenters. The number of amides is 1. The van der Waals surface area contributed by atoms with Crippen molar-refractivity contribution in [2.45, 2.75) is 52.6 Å². The second kappa shape index (κ2) is 12.6. The van der Waals surface area contributed by atoms with E-state index < -0.39 is 0 Å². The van der Waals surface area contributed by atoms with Crippen molar-refractivity contribution in [3.8, 4) is 0 Å². The highest BCUT2D eigenvalue weighted by atomic mass is 127. The van der Waals surface area contributed by atoms with E-state index in [4.69, 9.17) is 10.3 Å². The number of guanidine groups is 1. The number of hydrogen-bond acceptors (Lipinski definition) is 6. The van der Waals surface area contributed by atoms with Gasteiger partial charge in [0, 0.05) is 62.9 Å². The first-order chi connectivity index (χ1) is 15.1. The lowest BCUT2D eigenvalue weighted by Gasteiger charge is -2.32. The highest BCUT2D eigenvalue weighted by Crippen LogP contribution is 2.24. The number of anilines is 1. The quantitative estimate of drug-likeness (QED) is 0.260. The molecule has 0 aliphatic carbocycles. The highest BCUT2D eigenvalue weighted by Gasteiger charge is 2.25. The van der Waals surface area contributed by atoms with Gasteiger partial charge < -0.3 is 25.8 Å². The second-order valence-corrected chi connectivity index (χ2v) is 7.67. The Morgan fingerprint density at radius 2 is 1.97 bits per heavy atom. The number of nitrogens with two attached hydrogens (primary N) is 1. The maximum Gasteiger partial charge on any atom is 0.220 e. The van der Waals surface area contributed by atoms with Crippen LogP contribution in [-0.4, -0.2) is 42.1 Å². The molecule has 9 nitrogen and oxygen atoms in total. The minimum Gasteiger partial charge on any atom is -0.369 e. The van der Waals surface area contributed by atoms with Crippen molar-refractivity contribution in [2.24, 2.45) is 16.6 Å². The van der Waals surface area contributed by atoms with Crippen molar-refractivity contribution in [1.82, 2.24) is 20.8 Å². The third-order valence-corrected chi connectivity index (χ3v) is 5.77. The van der Waals surface area contributed by atoms with E-state index in [0.29, 0.717) is 19.0 Å². The summed E-state index contributed by atoms with van der Waals surface area (Å²) in [6.45, 7) is 6.88. The molecule has 3 rings (SSSR count). The zero-order valence-corrected chi connectivity index (χ0v) is 21.4. The smallest absolute Gasteiger partial charge is 0.220 e. The number of aromatic nitrogens is 2. The summed E-state index contributed by atoms with van der Waals surface area (Å²) in [5.41, 5.74) is 8.63. The number of carbonyl (C=O) groups is 1. The zero-order valence-electron chi connectivity index (χ0n) is 19.1. The van der Waals surface area contributed by atoms with E-state index in [-0.39, 0.29) is 35.8 Å². The summed E-state index contributed by atoms with van der Waals surface area (Å²) in [5.74, 6) is 2.31. The first-order valence-corrected chi connectivity index (χ1v) is 11.0. The molecule has 1 fully saturated rings. The maximum atomic E-state index is 11.5. The minimum atomic E-state index is -0.206. The van der Waals surface area contributed by atoms with E-state index in [0.717, 1.165) is 67.2 Å². The van der Waals surface area contributed by atoms with Crippen LogP contribution in [0.2, 0.25) is 0 Å². The van der Waals surface area contributed by atoms with E-state index in [2.05, 4.69) is 50.6 Å². The van der Waals surface area contributed by atoms with Gasteiger partial charge in [0.2, 0.25) is 5.91 Å². The van der Waals surface area contributed by atoms with Gasteiger partial charge in [-0.2, -0.15) is 0 Å². The lowest BCUT2D eigenvalue weighted by molar-refractivity contribution is -0.122. The molecule has 1 amide bonds. The van der Waals surface area contributed by atoms with Crippen LogP contribution in [0.25, 0.3) is 0 Å². The van der Waals surface area contributed by atoms with E-state index in [1.165, 1.54) is 0 Å². The molecule has 3 heterocycles. The summed E-state index contributed by atoms with van der Waals surface area (Å²) in [7, 11) is 1.75. The monoisotopic (exact) mass is 555 g/mol. The van der Waals surface area contributed by atoms with Crippen molar-refractivity contribution in [1.29, 1.82) is 0 Å². The predicted molar refractivity (Wildman–Crippen MR) is 136 cm³/mol. The Balaban J connectivity index is 0.00000363. The number of rotatable bonds is 8. The van der Waals surface area contributed by atoms with Crippen LogP contribution < -0.4 is 21.3 Å². The predicted octanol–water partition coefficient (Wildman–Crippen LogP) is 2.38. The lowest BCUT2D eigenvalue weighted by atomic mass is 9.96. The van der Waals surface area contributed by atoms with Crippen LogP contribution in [0.5, 0.6) is 0 Å². The maximum absolute atomic E-state index is 11.5. The van der Waals surface area contributed by atoms with E-state index in [1.54, 1.807) is 13.2 Å². The fourth-order valence-corrected chi connectivity index (χ4v) is 3.94. The molecule has 0 spiro atoms. The molecule has 1 aliphatic heterocycles. The number of carbonyl (C=O) groups excluding carboxylic acids is 1. The summed E-state index contributed by atoms with van der Waals surface area (Å²) in [6, 6.07) is 4.00. The summed E-state index contributed by atoms with van der Waals surface area (Å²) < 4.78 is 5.44. The number of pyridine rings is 1. The highest BCUT2D eigenvalue weighted by molar-refractivity contribution is 14.0. The van der Waals surface area contributed by atoms with Crippen LogP contribution in [-0.2, 0) is 30.7 Å². The molecule has 176 valence electrons. The van der Waals surface area contributed by atoms with Gasteiger partial charge in [0.1, 0.15) is 11.6 Å². The Morgan fingerprint density at radius 1 is 1.25 bits per heavy atom. The molecule has 0 unspecified atom stereocenters. The molecular weight excluding hydrogens is 521 g/mol. The summed E-state index contributed by atoms with van der Waals surface area (Å²) in [5, 5.41) is 10.9. The van der Waals surface area contributed by atoms with Gasteiger partial charge in [-0.25, -0.2) is 4.98 Å². The fraction of sp³-hybridized carbons (Fsp3) is 0.545. The Labute approximate surface area is 206 Å². The molecule has 2 aromatic rings. The van der Waals surface area contributed by atoms with Gasteiger partial charge in [-0.05, 0) is 25.3 Å². The Morgan fingerprint density at radius 3 is 2.59 bits per heavy atom. The van der Waals surface area contributed by atoms with E-state index in [9.17, 15) is 4.79 Å². The van der Waals surface area contributed by atoms with Crippen LogP contribution in [0.3, 0.4) is 0 Å². The topological polar surface area (TPSA) is 122 Å². The molecule has 10 heteroatoms. The van der Waals surface area contributed by atoms with Crippen LogP contribution in [0.15, 0.2) is 27.8 Å². The minimum absolute atomic E-state index is 0. The van der Waals surface area contributed by atoms with E-state index in [1.807, 2.05) is 6.07 Å². The van der Waals surface area contributed by atoms with Crippen molar-refractivity contribution in [3.63, 3.8) is 0 Å². The average molecular weight is 555 g/mol. The molecule has 0 aromatic carbocycles.